The Morgan fingerprint density at radius 3 is 2.65 bits per heavy atom. The standard InChI is InChI=1S/C15H12ClNO3/c16-13-8-9-14(17(18)19)15(11-13)20-10-4-7-12-5-2-1-3-6-12/h1-6,8-11H,7H2. The average Bonchev–Trinajstić information content (AvgIpc) is 2.44. The van der Waals surface area contributed by atoms with E-state index in [1.807, 2.05) is 30.3 Å². The van der Waals surface area contributed by atoms with Crippen LogP contribution in [0.5, 0.6) is 5.75 Å². The molecule has 5 heteroatoms. The van der Waals surface area contributed by atoms with Crippen LogP contribution >= 0.6 is 11.6 Å². The van der Waals surface area contributed by atoms with Crippen LogP contribution in [0.4, 0.5) is 5.69 Å². The van der Waals surface area contributed by atoms with Crippen molar-refractivity contribution in [2.75, 3.05) is 0 Å². The highest BCUT2D eigenvalue weighted by molar-refractivity contribution is 6.30. The molecule has 0 spiro atoms. The zero-order valence-corrected chi connectivity index (χ0v) is 11.3. The highest BCUT2D eigenvalue weighted by Gasteiger charge is 2.14. The number of nitro benzene ring substituents is 1. The molecule has 4 nitrogen and oxygen atoms in total. The van der Waals surface area contributed by atoms with Crippen LogP contribution in [-0.2, 0) is 6.42 Å². The Hall–Kier alpha value is -2.33. The highest BCUT2D eigenvalue weighted by atomic mass is 35.5. The van der Waals surface area contributed by atoms with Gasteiger partial charge in [0.05, 0.1) is 11.2 Å². The second-order valence-corrected chi connectivity index (χ2v) is 4.48. The van der Waals surface area contributed by atoms with Crippen LogP contribution < -0.4 is 4.74 Å². The molecule has 2 aromatic carbocycles. The van der Waals surface area contributed by atoms with Crippen molar-refractivity contribution in [3.8, 4) is 5.75 Å². The molecule has 2 aromatic rings. The summed E-state index contributed by atoms with van der Waals surface area (Å²) in [7, 11) is 0. The molecule has 20 heavy (non-hydrogen) atoms. The van der Waals surface area contributed by atoms with Gasteiger partial charge in [0.2, 0.25) is 5.75 Å². The van der Waals surface area contributed by atoms with E-state index in [1.54, 1.807) is 6.08 Å². The lowest BCUT2D eigenvalue weighted by atomic mass is 10.2. The predicted molar refractivity (Wildman–Crippen MR) is 78.0 cm³/mol. The van der Waals surface area contributed by atoms with Crippen molar-refractivity contribution in [1.29, 1.82) is 0 Å². The number of allylic oxidation sites excluding steroid dienone is 1. The molecule has 102 valence electrons. The van der Waals surface area contributed by atoms with Crippen molar-refractivity contribution in [2.24, 2.45) is 0 Å². The third-order valence-corrected chi connectivity index (χ3v) is 2.84. The topological polar surface area (TPSA) is 52.4 Å². The number of rotatable bonds is 5. The van der Waals surface area contributed by atoms with Gasteiger partial charge in [0, 0.05) is 17.2 Å². The summed E-state index contributed by atoms with van der Waals surface area (Å²) >= 11 is 5.80. The van der Waals surface area contributed by atoms with Crippen LogP contribution in [0.1, 0.15) is 5.56 Å². The highest BCUT2D eigenvalue weighted by Crippen LogP contribution is 2.30. The Balaban J connectivity index is 2.03. The maximum Gasteiger partial charge on any atom is 0.311 e. The number of ether oxygens (including phenoxy) is 1. The van der Waals surface area contributed by atoms with Gasteiger partial charge in [-0.15, -0.1) is 0 Å². The van der Waals surface area contributed by atoms with E-state index in [0.29, 0.717) is 11.4 Å². The molecular weight excluding hydrogens is 278 g/mol. The molecule has 2 rings (SSSR count). The van der Waals surface area contributed by atoms with Crippen LogP contribution in [0, 0.1) is 10.1 Å². The molecule has 0 saturated heterocycles. The van der Waals surface area contributed by atoms with Crippen LogP contribution in [0.15, 0.2) is 60.9 Å². The zero-order valence-electron chi connectivity index (χ0n) is 10.5. The molecule has 0 aromatic heterocycles. The van der Waals surface area contributed by atoms with Gasteiger partial charge in [-0.2, -0.15) is 0 Å². The Labute approximate surface area is 121 Å². The first kappa shape index (κ1) is 14.1. The first-order chi connectivity index (χ1) is 9.66. The number of hydrogen-bond donors (Lipinski definition) is 0. The van der Waals surface area contributed by atoms with Gasteiger partial charge in [-0.25, -0.2) is 0 Å². The summed E-state index contributed by atoms with van der Waals surface area (Å²) < 4.78 is 5.29. The Bertz CT molecular complexity index is 626. The second kappa shape index (κ2) is 6.73. The first-order valence-corrected chi connectivity index (χ1v) is 6.34. The van der Waals surface area contributed by atoms with E-state index in [4.69, 9.17) is 16.3 Å². The van der Waals surface area contributed by atoms with Crippen LogP contribution in [0.2, 0.25) is 5.02 Å². The maximum absolute atomic E-state index is 10.8. The molecule has 0 saturated carbocycles. The minimum Gasteiger partial charge on any atom is -0.458 e. The number of halogens is 1. The van der Waals surface area contributed by atoms with Crippen molar-refractivity contribution < 1.29 is 9.66 Å². The Morgan fingerprint density at radius 1 is 1.20 bits per heavy atom. The van der Waals surface area contributed by atoms with Gasteiger partial charge < -0.3 is 4.74 Å². The zero-order chi connectivity index (χ0) is 14.4. The summed E-state index contributed by atoms with van der Waals surface area (Å²) in [6.45, 7) is 0. The van der Waals surface area contributed by atoms with Crippen LogP contribution in [-0.4, -0.2) is 4.92 Å². The summed E-state index contributed by atoms with van der Waals surface area (Å²) in [5.74, 6) is 0.131. The second-order valence-electron chi connectivity index (χ2n) is 4.05. The summed E-state index contributed by atoms with van der Waals surface area (Å²) in [5, 5.41) is 11.2. The SMILES string of the molecule is O=[N+]([O-])c1ccc(Cl)cc1OC=CCc1ccccc1. The van der Waals surface area contributed by atoms with Gasteiger partial charge in [0.15, 0.2) is 0 Å². The van der Waals surface area contributed by atoms with Crippen LogP contribution in [0.25, 0.3) is 0 Å². The summed E-state index contributed by atoms with van der Waals surface area (Å²) in [4.78, 5) is 10.3. The van der Waals surface area contributed by atoms with Crippen molar-refractivity contribution in [3.63, 3.8) is 0 Å². The van der Waals surface area contributed by atoms with E-state index in [0.717, 1.165) is 5.56 Å². The fourth-order valence-corrected chi connectivity index (χ4v) is 1.81. The van der Waals surface area contributed by atoms with Gasteiger partial charge >= 0.3 is 5.69 Å². The third kappa shape index (κ3) is 3.83. The van der Waals surface area contributed by atoms with E-state index < -0.39 is 4.92 Å². The predicted octanol–water partition coefficient (Wildman–Crippen LogP) is 4.38. The van der Waals surface area contributed by atoms with Gasteiger partial charge in [-0.05, 0) is 24.1 Å². The molecule has 0 radical (unpaired) electrons. The molecule has 0 heterocycles. The molecule has 0 N–H and O–H groups in total. The summed E-state index contributed by atoms with van der Waals surface area (Å²) in [6.07, 6.45) is 3.92. The van der Waals surface area contributed by atoms with E-state index in [9.17, 15) is 10.1 Å². The lowest BCUT2D eigenvalue weighted by molar-refractivity contribution is -0.385. The van der Waals surface area contributed by atoms with E-state index in [2.05, 4.69) is 0 Å². The van der Waals surface area contributed by atoms with Crippen LogP contribution in [0.3, 0.4) is 0 Å². The van der Waals surface area contributed by atoms with E-state index in [1.165, 1.54) is 24.5 Å². The van der Waals surface area contributed by atoms with Crippen molar-refractivity contribution >= 4 is 17.3 Å². The van der Waals surface area contributed by atoms with Gasteiger partial charge in [-0.1, -0.05) is 41.9 Å². The fraction of sp³-hybridized carbons (Fsp3) is 0.0667. The molecule has 0 aliphatic rings. The minimum atomic E-state index is -0.503. The van der Waals surface area contributed by atoms with Gasteiger partial charge in [0.1, 0.15) is 0 Å². The fourth-order valence-electron chi connectivity index (χ4n) is 1.65. The lowest BCUT2D eigenvalue weighted by Gasteiger charge is -2.02. The minimum absolute atomic E-state index is 0.112. The molecule has 0 aliphatic heterocycles. The smallest absolute Gasteiger partial charge is 0.311 e. The maximum atomic E-state index is 10.8. The molecule has 0 unspecified atom stereocenters. The summed E-state index contributed by atoms with van der Waals surface area (Å²) in [6, 6.07) is 14.0. The Morgan fingerprint density at radius 2 is 1.95 bits per heavy atom. The number of nitro groups is 1. The van der Waals surface area contributed by atoms with E-state index >= 15 is 0 Å². The largest absolute Gasteiger partial charge is 0.458 e. The number of benzene rings is 2. The lowest BCUT2D eigenvalue weighted by Crippen LogP contribution is -1.93. The molecule has 0 atom stereocenters. The van der Waals surface area contributed by atoms with E-state index in [-0.39, 0.29) is 11.4 Å². The van der Waals surface area contributed by atoms with Crippen molar-refractivity contribution in [1.82, 2.24) is 0 Å². The van der Waals surface area contributed by atoms with Crippen molar-refractivity contribution in [2.45, 2.75) is 6.42 Å². The first-order valence-electron chi connectivity index (χ1n) is 5.96. The molecule has 0 aliphatic carbocycles. The molecule has 0 bridgehead atoms. The molecule has 0 amide bonds. The quantitative estimate of drug-likeness (QED) is 0.466. The monoisotopic (exact) mass is 289 g/mol. The van der Waals surface area contributed by atoms with Crippen molar-refractivity contribution in [3.05, 3.63) is 81.6 Å². The summed E-state index contributed by atoms with van der Waals surface area (Å²) in [5.41, 5.74) is 1.02. The normalized spacial score (nSPS) is 10.7. The third-order valence-electron chi connectivity index (χ3n) is 2.61. The molecular formula is C15H12ClNO3. The Kier molecular flexibility index (Phi) is 4.74. The average molecular weight is 290 g/mol. The molecule has 0 fully saturated rings. The van der Waals surface area contributed by atoms with Gasteiger partial charge in [-0.3, -0.25) is 10.1 Å². The van der Waals surface area contributed by atoms with Gasteiger partial charge in [0.25, 0.3) is 0 Å². The number of nitrogens with zero attached hydrogens (tertiary/aromatic N) is 1. The number of hydrogen-bond acceptors (Lipinski definition) is 3.